The fourth-order valence-electron chi connectivity index (χ4n) is 3.20. The second-order valence-electron chi connectivity index (χ2n) is 5.31. The summed E-state index contributed by atoms with van der Waals surface area (Å²) in [4.78, 5) is 0. The molecule has 0 bridgehead atoms. The van der Waals surface area contributed by atoms with Crippen LogP contribution in [0.4, 0.5) is 0 Å². The van der Waals surface area contributed by atoms with E-state index in [0.717, 1.165) is 26.1 Å². The summed E-state index contributed by atoms with van der Waals surface area (Å²) in [7, 11) is 1.80. The van der Waals surface area contributed by atoms with Crippen molar-refractivity contribution in [3.63, 3.8) is 0 Å². The predicted octanol–water partition coefficient (Wildman–Crippen LogP) is 2.91. The Hall–Kier alpha value is -0.860. The third-order valence-corrected chi connectivity index (χ3v) is 4.19. The number of hydrogen-bond acceptors (Lipinski definition) is 2. The standard InChI is InChI=1S/C16H25NO/c1-3-17-13-16(11-12-18-2)10-6-8-14-7-4-5-9-15(14)16/h4-5,7,9,17H,3,6,8,10-13H2,1-2H3. The molecule has 0 saturated heterocycles. The lowest BCUT2D eigenvalue weighted by Crippen LogP contribution is -2.41. The maximum absolute atomic E-state index is 5.34. The summed E-state index contributed by atoms with van der Waals surface area (Å²) in [5, 5.41) is 3.55. The van der Waals surface area contributed by atoms with Crippen molar-refractivity contribution < 1.29 is 4.74 Å². The van der Waals surface area contributed by atoms with E-state index in [9.17, 15) is 0 Å². The molecule has 100 valence electrons. The van der Waals surface area contributed by atoms with Gasteiger partial charge in [0.25, 0.3) is 0 Å². The Morgan fingerprint density at radius 2 is 2.17 bits per heavy atom. The molecule has 1 aliphatic rings. The van der Waals surface area contributed by atoms with Gasteiger partial charge in [-0.2, -0.15) is 0 Å². The van der Waals surface area contributed by atoms with Gasteiger partial charge < -0.3 is 10.1 Å². The molecule has 0 aliphatic heterocycles. The Morgan fingerprint density at radius 1 is 1.33 bits per heavy atom. The van der Waals surface area contributed by atoms with Crippen molar-refractivity contribution in [3.8, 4) is 0 Å². The summed E-state index contributed by atoms with van der Waals surface area (Å²) in [5.41, 5.74) is 3.37. The lowest BCUT2D eigenvalue weighted by atomic mass is 9.68. The molecular formula is C16H25NO. The summed E-state index contributed by atoms with van der Waals surface area (Å²) in [5.74, 6) is 0. The lowest BCUT2D eigenvalue weighted by Gasteiger charge is -2.39. The Labute approximate surface area is 111 Å². The molecule has 1 unspecified atom stereocenters. The van der Waals surface area contributed by atoms with Gasteiger partial charge in [0.1, 0.15) is 0 Å². The van der Waals surface area contributed by atoms with Gasteiger partial charge in [-0.05, 0) is 43.4 Å². The van der Waals surface area contributed by atoms with E-state index in [0.29, 0.717) is 0 Å². The summed E-state index contributed by atoms with van der Waals surface area (Å²) in [6.45, 7) is 5.14. The summed E-state index contributed by atoms with van der Waals surface area (Å²) < 4.78 is 5.34. The maximum Gasteiger partial charge on any atom is 0.0471 e. The number of methoxy groups -OCH3 is 1. The van der Waals surface area contributed by atoms with Gasteiger partial charge in [-0.1, -0.05) is 31.2 Å². The second-order valence-corrected chi connectivity index (χ2v) is 5.31. The smallest absolute Gasteiger partial charge is 0.0471 e. The zero-order chi connectivity index (χ0) is 12.8. The Bertz CT molecular complexity index is 367. The number of ether oxygens (including phenoxy) is 1. The van der Waals surface area contributed by atoms with Gasteiger partial charge in [-0.25, -0.2) is 0 Å². The van der Waals surface area contributed by atoms with Gasteiger partial charge in [0.15, 0.2) is 0 Å². The molecule has 0 aromatic heterocycles. The lowest BCUT2D eigenvalue weighted by molar-refractivity contribution is 0.157. The molecule has 1 N–H and O–H groups in total. The van der Waals surface area contributed by atoms with Crippen LogP contribution in [0.1, 0.15) is 37.3 Å². The first-order chi connectivity index (χ1) is 8.82. The average molecular weight is 247 g/mol. The largest absolute Gasteiger partial charge is 0.385 e. The minimum absolute atomic E-state index is 0.279. The number of likely N-dealkylation sites (N-methyl/N-ethyl adjacent to an activating group) is 1. The molecule has 0 radical (unpaired) electrons. The number of fused-ring (bicyclic) bond motifs is 1. The number of hydrogen-bond donors (Lipinski definition) is 1. The fourth-order valence-corrected chi connectivity index (χ4v) is 3.20. The maximum atomic E-state index is 5.34. The second kappa shape index (κ2) is 6.35. The molecule has 1 aromatic rings. The molecule has 0 amide bonds. The van der Waals surface area contributed by atoms with E-state index in [2.05, 4.69) is 36.5 Å². The van der Waals surface area contributed by atoms with Crippen molar-refractivity contribution >= 4 is 0 Å². The highest BCUT2D eigenvalue weighted by atomic mass is 16.5. The van der Waals surface area contributed by atoms with Crippen LogP contribution in [-0.4, -0.2) is 26.8 Å². The molecule has 2 heteroatoms. The molecule has 0 saturated carbocycles. The number of aryl methyl sites for hydroxylation is 1. The van der Waals surface area contributed by atoms with Gasteiger partial charge in [0.2, 0.25) is 0 Å². The highest BCUT2D eigenvalue weighted by Gasteiger charge is 2.35. The van der Waals surface area contributed by atoms with Crippen molar-refractivity contribution in [1.29, 1.82) is 0 Å². The van der Waals surface area contributed by atoms with Crippen LogP contribution in [0.15, 0.2) is 24.3 Å². The first-order valence-electron chi connectivity index (χ1n) is 7.10. The number of rotatable bonds is 6. The molecule has 1 aliphatic carbocycles. The van der Waals surface area contributed by atoms with Crippen LogP contribution >= 0.6 is 0 Å². The minimum Gasteiger partial charge on any atom is -0.385 e. The Balaban J connectivity index is 2.28. The van der Waals surface area contributed by atoms with Crippen molar-refractivity contribution in [2.45, 2.75) is 38.0 Å². The third-order valence-electron chi connectivity index (χ3n) is 4.19. The molecule has 18 heavy (non-hydrogen) atoms. The van der Waals surface area contributed by atoms with E-state index in [4.69, 9.17) is 4.74 Å². The summed E-state index contributed by atoms with van der Waals surface area (Å²) in [6.07, 6.45) is 4.93. The molecule has 1 atom stereocenters. The predicted molar refractivity (Wildman–Crippen MR) is 76.1 cm³/mol. The molecule has 0 heterocycles. The molecule has 0 fully saturated rings. The minimum atomic E-state index is 0.279. The number of benzene rings is 1. The van der Waals surface area contributed by atoms with Gasteiger partial charge in [-0.15, -0.1) is 0 Å². The fraction of sp³-hybridized carbons (Fsp3) is 0.625. The van der Waals surface area contributed by atoms with Crippen LogP contribution in [0.25, 0.3) is 0 Å². The van der Waals surface area contributed by atoms with Crippen molar-refractivity contribution in [3.05, 3.63) is 35.4 Å². The van der Waals surface area contributed by atoms with E-state index in [1.165, 1.54) is 24.8 Å². The molecular weight excluding hydrogens is 222 g/mol. The van der Waals surface area contributed by atoms with E-state index in [-0.39, 0.29) is 5.41 Å². The third kappa shape index (κ3) is 2.76. The SMILES string of the molecule is CCNCC1(CCOC)CCCc2ccccc21. The van der Waals surface area contributed by atoms with Crippen molar-refractivity contribution in [1.82, 2.24) is 5.32 Å². The van der Waals surface area contributed by atoms with E-state index in [1.807, 2.05) is 0 Å². The van der Waals surface area contributed by atoms with Crippen LogP contribution in [0.2, 0.25) is 0 Å². The summed E-state index contributed by atoms with van der Waals surface area (Å²) in [6, 6.07) is 8.96. The first-order valence-corrected chi connectivity index (χ1v) is 7.10. The molecule has 2 rings (SSSR count). The van der Waals surface area contributed by atoms with E-state index >= 15 is 0 Å². The zero-order valence-electron chi connectivity index (χ0n) is 11.7. The monoisotopic (exact) mass is 247 g/mol. The molecule has 2 nitrogen and oxygen atoms in total. The number of nitrogens with one attached hydrogen (secondary N) is 1. The van der Waals surface area contributed by atoms with Crippen molar-refractivity contribution in [2.75, 3.05) is 26.8 Å². The summed E-state index contributed by atoms with van der Waals surface area (Å²) >= 11 is 0. The first kappa shape index (κ1) is 13.6. The van der Waals surface area contributed by atoms with E-state index in [1.54, 1.807) is 12.7 Å². The topological polar surface area (TPSA) is 21.3 Å². The Morgan fingerprint density at radius 3 is 2.94 bits per heavy atom. The molecule has 1 aromatic carbocycles. The molecule has 0 spiro atoms. The van der Waals surface area contributed by atoms with Crippen molar-refractivity contribution in [2.24, 2.45) is 0 Å². The quantitative estimate of drug-likeness (QED) is 0.834. The zero-order valence-corrected chi connectivity index (χ0v) is 11.7. The van der Waals surface area contributed by atoms with Crippen LogP contribution in [0.5, 0.6) is 0 Å². The van der Waals surface area contributed by atoms with Gasteiger partial charge in [0, 0.05) is 25.7 Å². The Kier molecular flexibility index (Phi) is 4.79. The van der Waals surface area contributed by atoms with Gasteiger partial charge >= 0.3 is 0 Å². The highest BCUT2D eigenvalue weighted by molar-refractivity contribution is 5.37. The van der Waals surface area contributed by atoms with Gasteiger partial charge in [-0.3, -0.25) is 0 Å². The van der Waals surface area contributed by atoms with Crippen LogP contribution in [0, 0.1) is 0 Å². The van der Waals surface area contributed by atoms with Crippen LogP contribution < -0.4 is 5.32 Å². The van der Waals surface area contributed by atoms with Crippen LogP contribution in [-0.2, 0) is 16.6 Å². The normalized spacial score (nSPS) is 22.8. The van der Waals surface area contributed by atoms with Gasteiger partial charge in [0.05, 0.1) is 0 Å². The average Bonchev–Trinajstić information content (AvgIpc) is 2.43. The van der Waals surface area contributed by atoms with E-state index < -0.39 is 0 Å². The highest BCUT2D eigenvalue weighted by Crippen LogP contribution is 2.39. The van der Waals surface area contributed by atoms with Crippen LogP contribution in [0.3, 0.4) is 0 Å².